The fraction of sp³-hybridized carbons (Fsp3) is 0.846. The molecule has 4 atom stereocenters. The van der Waals surface area contributed by atoms with Crippen LogP contribution in [0.5, 0.6) is 0 Å². The molecule has 0 spiro atoms. The van der Waals surface area contributed by atoms with E-state index in [4.69, 9.17) is 0 Å². The highest BCUT2D eigenvalue weighted by Gasteiger charge is 2.33. The van der Waals surface area contributed by atoms with Gasteiger partial charge in [-0.3, -0.25) is 0 Å². The quantitative estimate of drug-likeness (QED) is 0.569. The molecule has 1 aliphatic carbocycles. The molecular formula is C13H24. The van der Waals surface area contributed by atoms with Gasteiger partial charge < -0.3 is 0 Å². The standard InChI is InChI=1S/C13H24/c1-5-7-12-11(4)8-9-13(12)10(3)6-2/h5,7,10-13H,6,8-9H2,1-4H3. The summed E-state index contributed by atoms with van der Waals surface area (Å²) in [5.41, 5.74) is 0. The minimum Gasteiger partial charge on any atom is -0.0914 e. The second-order valence-electron chi connectivity index (χ2n) is 4.71. The third-order valence-corrected chi connectivity index (χ3v) is 3.90. The van der Waals surface area contributed by atoms with E-state index < -0.39 is 0 Å². The summed E-state index contributed by atoms with van der Waals surface area (Å²) >= 11 is 0. The van der Waals surface area contributed by atoms with Crippen molar-refractivity contribution in [1.82, 2.24) is 0 Å². The number of rotatable bonds is 3. The van der Waals surface area contributed by atoms with E-state index in [1.807, 2.05) is 0 Å². The Morgan fingerprint density at radius 2 is 2.08 bits per heavy atom. The Morgan fingerprint density at radius 3 is 2.62 bits per heavy atom. The molecule has 0 heteroatoms. The summed E-state index contributed by atoms with van der Waals surface area (Å²) in [5.74, 6) is 3.64. The zero-order valence-electron chi connectivity index (χ0n) is 9.59. The molecule has 0 amide bonds. The van der Waals surface area contributed by atoms with Crippen molar-refractivity contribution in [1.29, 1.82) is 0 Å². The van der Waals surface area contributed by atoms with E-state index in [2.05, 4.69) is 39.8 Å². The van der Waals surface area contributed by atoms with Crippen LogP contribution in [-0.4, -0.2) is 0 Å². The summed E-state index contributed by atoms with van der Waals surface area (Å²) in [6, 6.07) is 0. The van der Waals surface area contributed by atoms with Gasteiger partial charge in [-0.05, 0) is 43.4 Å². The fourth-order valence-corrected chi connectivity index (χ4v) is 2.78. The third-order valence-electron chi connectivity index (χ3n) is 3.90. The third kappa shape index (κ3) is 2.36. The van der Waals surface area contributed by atoms with E-state index in [1.54, 1.807) is 0 Å². The smallest absolute Gasteiger partial charge is 0.0177 e. The Balaban J connectivity index is 2.63. The Labute approximate surface area is 83.4 Å². The first kappa shape index (κ1) is 10.8. The predicted molar refractivity (Wildman–Crippen MR) is 59.6 cm³/mol. The highest BCUT2D eigenvalue weighted by molar-refractivity contribution is 4.97. The molecule has 0 bridgehead atoms. The minimum absolute atomic E-state index is 0.861. The van der Waals surface area contributed by atoms with Gasteiger partial charge in [-0.2, -0.15) is 0 Å². The molecule has 0 aromatic heterocycles. The SMILES string of the molecule is CC=CC1C(C)CCC1C(C)CC. The Hall–Kier alpha value is -0.260. The van der Waals surface area contributed by atoms with E-state index in [-0.39, 0.29) is 0 Å². The van der Waals surface area contributed by atoms with Gasteiger partial charge in [0.2, 0.25) is 0 Å². The van der Waals surface area contributed by atoms with Crippen LogP contribution >= 0.6 is 0 Å². The van der Waals surface area contributed by atoms with Crippen LogP contribution < -0.4 is 0 Å². The van der Waals surface area contributed by atoms with Crippen molar-refractivity contribution in [2.75, 3.05) is 0 Å². The van der Waals surface area contributed by atoms with Crippen LogP contribution in [0.25, 0.3) is 0 Å². The van der Waals surface area contributed by atoms with Crippen molar-refractivity contribution < 1.29 is 0 Å². The molecule has 0 aromatic carbocycles. The molecule has 0 saturated heterocycles. The summed E-state index contributed by atoms with van der Waals surface area (Å²) in [4.78, 5) is 0. The van der Waals surface area contributed by atoms with Crippen LogP contribution in [0.15, 0.2) is 12.2 Å². The monoisotopic (exact) mass is 180 g/mol. The van der Waals surface area contributed by atoms with Crippen LogP contribution in [0, 0.1) is 23.7 Å². The molecule has 0 N–H and O–H groups in total. The number of hydrogen-bond donors (Lipinski definition) is 0. The lowest BCUT2D eigenvalue weighted by atomic mass is 9.81. The Kier molecular flexibility index (Phi) is 4.02. The van der Waals surface area contributed by atoms with E-state index >= 15 is 0 Å². The van der Waals surface area contributed by atoms with Gasteiger partial charge in [0, 0.05) is 0 Å². The molecule has 4 unspecified atom stereocenters. The molecule has 1 rings (SSSR count). The number of allylic oxidation sites excluding steroid dienone is 2. The van der Waals surface area contributed by atoms with Crippen LogP contribution in [0.2, 0.25) is 0 Å². The summed E-state index contributed by atoms with van der Waals surface area (Å²) in [5, 5.41) is 0. The first-order chi connectivity index (χ1) is 6.20. The van der Waals surface area contributed by atoms with Crippen molar-refractivity contribution in [2.45, 2.75) is 47.0 Å². The molecule has 1 aliphatic rings. The predicted octanol–water partition coefficient (Wildman–Crippen LogP) is 4.27. The second kappa shape index (κ2) is 4.83. The van der Waals surface area contributed by atoms with E-state index in [9.17, 15) is 0 Å². The minimum atomic E-state index is 0.861. The molecule has 1 saturated carbocycles. The molecule has 0 nitrogen and oxygen atoms in total. The zero-order valence-corrected chi connectivity index (χ0v) is 9.59. The van der Waals surface area contributed by atoms with E-state index in [0.29, 0.717) is 0 Å². The fourth-order valence-electron chi connectivity index (χ4n) is 2.78. The summed E-state index contributed by atoms with van der Waals surface area (Å²) in [6.45, 7) is 9.30. The molecule has 0 heterocycles. The highest BCUT2D eigenvalue weighted by atomic mass is 14.4. The maximum Gasteiger partial charge on any atom is -0.0177 e. The average Bonchev–Trinajstić information content (AvgIpc) is 2.48. The van der Waals surface area contributed by atoms with Gasteiger partial charge in [-0.25, -0.2) is 0 Å². The molecule has 0 radical (unpaired) electrons. The van der Waals surface area contributed by atoms with Gasteiger partial charge in [0.25, 0.3) is 0 Å². The van der Waals surface area contributed by atoms with Crippen molar-refractivity contribution in [3.05, 3.63) is 12.2 Å². The zero-order chi connectivity index (χ0) is 9.84. The van der Waals surface area contributed by atoms with Gasteiger partial charge in [-0.15, -0.1) is 0 Å². The van der Waals surface area contributed by atoms with Crippen molar-refractivity contribution in [3.63, 3.8) is 0 Å². The van der Waals surface area contributed by atoms with Gasteiger partial charge >= 0.3 is 0 Å². The highest BCUT2D eigenvalue weighted by Crippen LogP contribution is 2.42. The van der Waals surface area contributed by atoms with Gasteiger partial charge in [0.05, 0.1) is 0 Å². The number of hydrogen-bond acceptors (Lipinski definition) is 0. The lowest BCUT2D eigenvalue weighted by Crippen LogP contribution is -2.17. The van der Waals surface area contributed by atoms with Crippen LogP contribution in [0.4, 0.5) is 0 Å². The van der Waals surface area contributed by atoms with E-state index in [1.165, 1.54) is 19.3 Å². The topological polar surface area (TPSA) is 0 Å². The first-order valence-electron chi connectivity index (χ1n) is 5.83. The molecule has 0 aliphatic heterocycles. The molecule has 0 aromatic rings. The summed E-state index contributed by atoms with van der Waals surface area (Å²) in [6.07, 6.45) is 8.90. The molecule has 76 valence electrons. The van der Waals surface area contributed by atoms with Gasteiger partial charge in [0.15, 0.2) is 0 Å². The van der Waals surface area contributed by atoms with E-state index in [0.717, 1.165) is 23.7 Å². The van der Waals surface area contributed by atoms with Crippen molar-refractivity contribution in [2.24, 2.45) is 23.7 Å². The van der Waals surface area contributed by atoms with Gasteiger partial charge in [-0.1, -0.05) is 39.3 Å². The average molecular weight is 180 g/mol. The van der Waals surface area contributed by atoms with Crippen LogP contribution in [0.1, 0.15) is 47.0 Å². The normalized spacial score (nSPS) is 37.1. The van der Waals surface area contributed by atoms with Crippen LogP contribution in [0.3, 0.4) is 0 Å². The van der Waals surface area contributed by atoms with Crippen molar-refractivity contribution >= 4 is 0 Å². The lowest BCUT2D eigenvalue weighted by molar-refractivity contribution is 0.286. The molecular weight excluding hydrogens is 156 g/mol. The van der Waals surface area contributed by atoms with Gasteiger partial charge in [0.1, 0.15) is 0 Å². The summed E-state index contributed by atoms with van der Waals surface area (Å²) < 4.78 is 0. The molecule has 13 heavy (non-hydrogen) atoms. The second-order valence-corrected chi connectivity index (χ2v) is 4.71. The maximum atomic E-state index is 2.44. The Bertz CT molecular complexity index is 169. The molecule has 1 fully saturated rings. The largest absolute Gasteiger partial charge is 0.0914 e. The maximum absolute atomic E-state index is 2.44. The van der Waals surface area contributed by atoms with Crippen molar-refractivity contribution in [3.8, 4) is 0 Å². The Morgan fingerprint density at radius 1 is 1.38 bits per heavy atom. The lowest BCUT2D eigenvalue weighted by Gasteiger charge is -2.24. The summed E-state index contributed by atoms with van der Waals surface area (Å²) in [7, 11) is 0. The first-order valence-corrected chi connectivity index (χ1v) is 5.83. The van der Waals surface area contributed by atoms with Crippen LogP contribution in [-0.2, 0) is 0 Å².